The molecule has 0 aliphatic heterocycles. The van der Waals surface area contributed by atoms with Gasteiger partial charge in [0.25, 0.3) is 0 Å². The first-order chi connectivity index (χ1) is 8.09. The third-order valence-electron chi connectivity index (χ3n) is 2.85. The van der Waals surface area contributed by atoms with Crippen molar-refractivity contribution in [3.8, 4) is 0 Å². The number of nitrogens with zero attached hydrogens (tertiary/aromatic N) is 1. The molecule has 0 spiro atoms. The molecule has 3 heteroatoms. The van der Waals surface area contributed by atoms with Crippen molar-refractivity contribution in [2.75, 3.05) is 0 Å². The zero-order chi connectivity index (χ0) is 12.4. The largest absolute Gasteiger partial charge is 0.384 e. The summed E-state index contributed by atoms with van der Waals surface area (Å²) in [6, 6.07) is 8.32. The van der Waals surface area contributed by atoms with Crippen LogP contribution in [0.3, 0.4) is 0 Å². The Hall–Kier alpha value is -1.74. The average molecular weight is 231 g/mol. The molecule has 0 aliphatic carbocycles. The van der Waals surface area contributed by atoms with Crippen molar-refractivity contribution in [2.24, 2.45) is 0 Å². The molecular formula is C14H14FNO. The number of hydrogen-bond donors (Lipinski definition) is 1. The summed E-state index contributed by atoms with van der Waals surface area (Å²) in [7, 11) is 0. The smallest absolute Gasteiger partial charge is 0.126 e. The Kier molecular flexibility index (Phi) is 3.20. The van der Waals surface area contributed by atoms with Crippen LogP contribution in [0.25, 0.3) is 0 Å². The molecule has 1 heterocycles. The monoisotopic (exact) mass is 231 g/mol. The number of halogens is 1. The lowest BCUT2D eigenvalue weighted by molar-refractivity contribution is 0.218. The molecule has 2 aromatic rings. The molecule has 0 saturated carbocycles. The highest BCUT2D eigenvalue weighted by molar-refractivity contribution is 5.33. The summed E-state index contributed by atoms with van der Waals surface area (Å²) in [5, 5.41) is 10.2. The standard InChI is InChI=1S/C14H14FNO/c1-9-5-6-11(8-13(9)15)14(17)12-4-3-7-16-10(12)2/h3-8,14,17H,1-2H3. The second-order valence-corrected chi connectivity index (χ2v) is 4.09. The first-order valence-electron chi connectivity index (χ1n) is 5.45. The molecule has 0 amide bonds. The molecule has 0 radical (unpaired) electrons. The predicted octanol–water partition coefficient (Wildman–Crippen LogP) is 2.92. The lowest BCUT2D eigenvalue weighted by atomic mass is 9.99. The van der Waals surface area contributed by atoms with Crippen molar-refractivity contribution in [1.82, 2.24) is 4.98 Å². The lowest BCUT2D eigenvalue weighted by Gasteiger charge is -2.13. The van der Waals surface area contributed by atoms with Crippen molar-refractivity contribution >= 4 is 0 Å². The van der Waals surface area contributed by atoms with Gasteiger partial charge >= 0.3 is 0 Å². The van der Waals surface area contributed by atoms with E-state index in [0.717, 1.165) is 5.69 Å². The molecule has 17 heavy (non-hydrogen) atoms. The Morgan fingerprint density at radius 1 is 1.24 bits per heavy atom. The van der Waals surface area contributed by atoms with Gasteiger partial charge in [-0.2, -0.15) is 0 Å². The zero-order valence-electron chi connectivity index (χ0n) is 9.81. The Morgan fingerprint density at radius 3 is 2.65 bits per heavy atom. The number of benzene rings is 1. The fourth-order valence-electron chi connectivity index (χ4n) is 1.74. The maximum absolute atomic E-state index is 13.4. The summed E-state index contributed by atoms with van der Waals surface area (Å²) in [6.45, 7) is 3.52. The molecular weight excluding hydrogens is 217 g/mol. The quantitative estimate of drug-likeness (QED) is 0.862. The molecule has 88 valence electrons. The Balaban J connectivity index is 2.40. The highest BCUT2D eigenvalue weighted by atomic mass is 19.1. The van der Waals surface area contributed by atoms with E-state index in [9.17, 15) is 9.50 Å². The Bertz CT molecular complexity index is 539. The molecule has 0 fully saturated rings. The normalized spacial score (nSPS) is 12.5. The molecule has 1 aromatic heterocycles. The van der Waals surface area contributed by atoms with E-state index in [1.807, 2.05) is 6.92 Å². The third kappa shape index (κ3) is 2.34. The van der Waals surface area contributed by atoms with Crippen molar-refractivity contribution in [1.29, 1.82) is 0 Å². The molecule has 0 aliphatic rings. The number of hydrogen-bond acceptors (Lipinski definition) is 2. The van der Waals surface area contributed by atoms with Crippen LogP contribution in [0.4, 0.5) is 4.39 Å². The number of aliphatic hydroxyl groups is 1. The Labute approximate surface area is 99.8 Å². The van der Waals surface area contributed by atoms with Gasteiger partial charge in [-0.05, 0) is 37.1 Å². The number of pyridine rings is 1. The molecule has 1 atom stereocenters. The van der Waals surface area contributed by atoms with E-state index in [1.54, 1.807) is 37.4 Å². The first kappa shape index (κ1) is 11.7. The maximum atomic E-state index is 13.4. The van der Waals surface area contributed by atoms with Crippen LogP contribution in [0.5, 0.6) is 0 Å². The van der Waals surface area contributed by atoms with Crippen LogP contribution in [0, 0.1) is 19.7 Å². The third-order valence-corrected chi connectivity index (χ3v) is 2.85. The van der Waals surface area contributed by atoms with Crippen LogP contribution in [0.1, 0.15) is 28.5 Å². The van der Waals surface area contributed by atoms with Gasteiger partial charge in [-0.3, -0.25) is 4.98 Å². The van der Waals surface area contributed by atoms with Gasteiger partial charge in [0, 0.05) is 17.5 Å². The topological polar surface area (TPSA) is 33.1 Å². The fraction of sp³-hybridized carbons (Fsp3) is 0.214. The predicted molar refractivity (Wildman–Crippen MR) is 64.2 cm³/mol. The van der Waals surface area contributed by atoms with Gasteiger partial charge < -0.3 is 5.11 Å². The summed E-state index contributed by atoms with van der Waals surface area (Å²) in [4.78, 5) is 4.11. The highest BCUT2D eigenvalue weighted by Crippen LogP contribution is 2.24. The van der Waals surface area contributed by atoms with E-state index in [1.165, 1.54) is 6.07 Å². The molecule has 0 bridgehead atoms. The minimum absolute atomic E-state index is 0.303. The summed E-state index contributed by atoms with van der Waals surface area (Å²) < 4.78 is 13.4. The molecule has 1 N–H and O–H groups in total. The van der Waals surface area contributed by atoms with Gasteiger partial charge in [-0.25, -0.2) is 4.39 Å². The molecule has 2 rings (SSSR count). The van der Waals surface area contributed by atoms with Gasteiger partial charge in [-0.15, -0.1) is 0 Å². The van der Waals surface area contributed by atoms with E-state index in [4.69, 9.17) is 0 Å². The average Bonchev–Trinajstić information content (AvgIpc) is 2.32. The van der Waals surface area contributed by atoms with Gasteiger partial charge in [-0.1, -0.05) is 18.2 Å². The van der Waals surface area contributed by atoms with E-state index in [-0.39, 0.29) is 5.82 Å². The van der Waals surface area contributed by atoms with E-state index < -0.39 is 6.10 Å². The Morgan fingerprint density at radius 2 is 2.00 bits per heavy atom. The second-order valence-electron chi connectivity index (χ2n) is 4.09. The summed E-state index contributed by atoms with van der Waals surface area (Å²) in [5.74, 6) is -0.303. The molecule has 1 unspecified atom stereocenters. The number of aromatic nitrogens is 1. The number of aliphatic hydroxyl groups excluding tert-OH is 1. The highest BCUT2D eigenvalue weighted by Gasteiger charge is 2.14. The first-order valence-corrected chi connectivity index (χ1v) is 5.45. The van der Waals surface area contributed by atoms with Crippen molar-refractivity contribution in [2.45, 2.75) is 20.0 Å². The summed E-state index contributed by atoms with van der Waals surface area (Å²) >= 11 is 0. The minimum atomic E-state index is -0.834. The van der Waals surface area contributed by atoms with Gasteiger partial charge in [0.15, 0.2) is 0 Å². The lowest BCUT2D eigenvalue weighted by Crippen LogP contribution is -2.03. The molecule has 1 aromatic carbocycles. The van der Waals surface area contributed by atoms with Crippen LogP contribution in [-0.4, -0.2) is 10.1 Å². The number of rotatable bonds is 2. The SMILES string of the molecule is Cc1ccc(C(O)c2cccnc2C)cc1F. The van der Waals surface area contributed by atoms with Crippen LogP contribution in [0.15, 0.2) is 36.5 Å². The maximum Gasteiger partial charge on any atom is 0.126 e. The number of aryl methyl sites for hydroxylation is 2. The second kappa shape index (κ2) is 4.63. The molecule has 0 saturated heterocycles. The van der Waals surface area contributed by atoms with Crippen LogP contribution >= 0.6 is 0 Å². The van der Waals surface area contributed by atoms with Crippen LogP contribution in [-0.2, 0) is 0 Å². The van der Waals surface area contributed by atoms with E-state index >= 15 is 0 Å². The van der Waals surface area contributed by atoms with Gasteiger partial charge in [0.1, 0.15) is 11.9 Å². The van der Waals surface area contributed by atoms with Crippen LogP contribution < -0.4 is 0 Å². The molecule has 2 nitrogen and oxygen atoms in total. The van der Waals surface area contributed by atoms with E-state index in [0.29, 0.717) is 16.7 Å². The summed E-state index contributed by atoms with van der Waals surface area (Å²) in [5.41, 5.74) is 2.57. The van der Waals surface area contributed by atoms with Crippen molar-refractivity contribution in [3.05, 3.63) is 64.7 Å². The van der Waals surface area contributed by atoms with E-state index in [2.05, 4.69) is 4.98 Å². The van der Waals surface area contributed by atoms with Gasteiger partial charge in [0.2, 0.25) is 0 Å². The summed E-state index contributed by atoms with van der Waals surface area (Å²) in [6.07, 6.45) is 0.833. The van der Waals surface area contributed by atoms with Crippen molar-refractivity contribution < 1.29 is 9.50 Å². The minimum Gasteiger partial charge on any atom is -0.384 e. The zero-order valence-corrected chi connectivity index (χ0v) is 9.81. The van der Waals surface area contributed by atoms with Gasteiger partial charge in [0.05, 0.1) is 0 Å². The van der Waals surface area contributed by atoms with Crippen LogP contribution in [0.2, 0.25) is 0 Å². The van der Waals surface area contributed by atoms with Crippen molar-refractivity contribution in [3.63, 3.8) is 0 Å². The fourth-order valence-corrected chi connectivity index (χ4v) is 1.74.